The van der Waals surface area contributed by atoms with Crippen molar-refractivity contribution < 1.29 is 4.74 Å². The summed E-state index contributed by atoms with van der Waals surface area (Å²) in [6, 6.07) is 0. The number of hydrogen-bond donors (Lipinski definition) is 1. The van der Waals surface area contributed by atoms with Crippen LogP contribution in [0.15, 0.2) is 17.4 Å². The largest absolute Gasteiger partial charge is 0.370 e. The Morgan fingerprint density at radius 2 is 2.07 bits per heavy atom. The Hall–Kier alpha value is -0.870. The standard InChI is InChI=1S/C20H36N6O.HI/c1-4-8-25-9-6-17(7-10-25)13-22-20(21-5-2)26-11-12-27-19(16-26)18-14-23-24(3)15-18;/h14-15,17,19H,4-13,16H2,1-3H3,(H,21,22);1H. The van der Waals surface area contributed by atoms with Gasteiger partial charge in [-0.3, -0.25) is 9.67 Å². The van der Waals surface area contributed by atoms with Crippen LogP contribution in [0.4, 0.5) is 0 Å². The van der Waals surface area contributed by atoms with E-state index in [0.717, 1.165) is 44.3 Å². The van der Waals surface area contributed by atoms with Crippen LogP contribution < -0.4 is 5.32 Å². The fraction of sp³-hybridized carbons (Fsp3) is 0.800. The summed E-state index contributed by atoms with van der Waals surface area (Å²) in [5.74, 6) is 1.74. The predicted octanol–water partition coefficient (Wildman–Crippen LogP) is 2.50. The van der Waals surface area contributed by atoms with E-state index in [-0.39, 0.29) is 30.1 Å². The number of hydrogen-bond acceptors (Lipinski definition) is 4. The summed E-state index contributed by atoms with van der Waals surface area (Å²) in [7, 11) is 1.95. The molecule has 8 heteroatoms. The Morgan fingerprint density at radius 1 is 1.29 bits per heavy atom. The van der Waals surface area contributed by atoms with Crippen LogP contribution in [0, 0.1) is 5.92 Å². The maximum atomic E-state index is 5.98. The van der Waals surface area contributed by atoms with Gasteiger partial charge in [-0.05, 0) is 51.7 Å². The zero-order valence-electron chi connectivity index (χ0n) is 17.6. The molecule has 7 nitrogen and oxygen atoms in total. The van der Waals surface area contributed by atoms with Crippen molar-refractivity contribution in [3.8, 4) is 0 Å². The van der Waals surface area contributed by atoms with Gasteiger partial charge in [-0.15, -0.1) is 24.0 Å². The van der Waals surface area contributed by atoms with Crippen molar-refractivity contribution in [2.45, 2.75) is 39.2 Å². The van der Waals surface area contributed by atoms with Crippen LogP contribution in [0.25, 0.3) is 0 Å². The van der Waals surface area contributed by atoms with Crippen LogP contribution in [0.2, 0.25) is 0 Å². The lowest BCUT2D eigenvalue weighted by Crippen LogP contribution is -2.48. The normalized spacial score (nSPS) is 22.2. The minimum atomic E-state index is 0. The number of morpholine rings is 1. The molecule has 160 valence electrons. The molecule has 1 atom stereocenters. The lowest BCUT2D eigenvalue weighted by Gasteiger charge is -2.35. The molecule has 1 aromatic heterocycles. The molecule has 2 aliphatic rings. The van der Waals surface area contributed by atoms with E-state index in [1.807, 2.05) is 24.1 Å². The smallest absolute Gasteiger partial charge is 0.194 e. The van der Waals surface area contributed by atoms with Crippen molar-refractivity contribution in [2.24, 2.45) is 18.0 Å². The molecule has 1 N–H and O–H groups in total. The molecule has 1 aromatic rings. The van der Waals surface area contributed by atoms with Crippen LogP contribution in [0.1, 0.15) is 44.8 Å². The number of aromatic nitrogens is 2. The zero-order chi connectivity index (χ0) is 19.1. The van der Waals surface area contributed by atoms with Crippen molar-refractivity contribution in [1.82, 2.24) is 24.9 Å². The Labute approximate surface area is 186 Å². The maximum absolute atomic E-state index is 5.98. The third kappa shape index (κ3) is 6.59. The molecule has 3 rings (SSSR count). The lowest BCUT2D eigenvalue weighted by atomic mass is 9.97. The summed E-state index contributed by atoms with van der Waals surface area (Å²) in [4.78, 5) is 9.94. The van der Waals surface area contributed by atoms with Gasteiger partial charge in [-0.1, -0.05) is 6.92 Å². The van der Waals surface area contributed by atoms with Crippen LogP contribution in [0.5, 0.6) is 0 Å². The number of guanidine groups is 1. The molecule has 0 amide bonds. The molecule has 28 heavy (non-hydrogen) atoms. The van der Waals surface area contributed by atoms with Crippen molar-refractivity contribution in [2.75, 3.05) is 52.4 Å². The van der Waals surface area contributed by atoms with E-state index in [1.54, 1.807) is 0 Å². The van der Waals surface area contributed by atoms with Crippen LogP contribution in [0.3, 0.4) is 0 Å². The van der Waals surface area contributed by atoms with Gasteiger partial charge < -0.3 is 19.9 Å². The first kappa shape index (κ1) is 23.4. The van der Waals surface area contributed by atoms with Gasteiger partial charge in [-0.25, -0.2) is 0 Å². The fourth-order valence-corrected chi connectivity index (χ4v) is 4.00. The number of halogens is 1. The van der Waals surface area contributed by atoms with Gasteiger partial charge in [-0.2, -0.15) is 5.10 Å². The highest BCUT2D eigenvalue weighted by atomic mass is 127. The molecule has 0 saturated carbocycles. The molecule has 0 aromatic carbocycles. The Morgan fingerprint density at radius 3 is 2.71 bits per heavy atom. The van der Waals surface area contributed by atoms with E-state index >= 15 is 0 Å². The van der Waals surface area contributed by atoms with Crippen LogP contribution in [-0.2, 0) is 11.8 Å². The van der Waals surface area contributed by atoms with Gasteiger partial charge in [0.15, 0.2) is 5.96 Å². The number of piperidine rings is 1. The quantitative estimate of drug-likeness (QED) is 0.367. The average molecular weight is 504 g/mol. The number of aryl methyl sites for hydroxylation is 1. The molecule has 0 aliphatic carbocycles. The van der Waals surface area contributed by atoms with E-state index in [9.17, 15) is 0 Å². The van der Waals surface area contributed by atoms with E-state index in [0.29, 0.717) is 5.92 Å². The highest BCUT2D eigenvalue weighted by Gasteiger charge is 2.25. The summed E-state index contributed by atoms with van der Waals surface area (Å²) in [6.07, 6.45) is 7.80. The molecule has 0 bridgehead atoms. The van der Waals surface area contributed by atoms with Crippen molar-refractivity contribution in [3.05, 3.63) is 18.0 Å². The van der Waals surface area contributed by atoms with Gasteiger partial charge in [0.05, 0.1) is 19.3 Å². The number of aliphatic imine (C=N–C) groups is 1. The third-order valence-electron chi connectivity index (χ3n) is 5.54. The van der Waals surface area contributed by atoms with Crippen LogP contribution >= 0.6 is 24.0 Å². The predicted molar refractivity (Wildman–Crippen MR) is 124 cm³/mol. The minimum absolute atomic E-state index is 0. The third-order valence-corrected chi connectivity index (χ3v) is 5.54. The summed E-state index contributed by atoms with van der Waals surface area (Å²) in [6.45, 7) is 12.3. The topological polar surface area (TPSA) is 57.9 Å². The fourth-order valence-electron chi connectivity index (χ4n) is 4.00. The average Bonchev–Trinajstić information content (AvgIpc) is 3.13. The Bertz CT molecular complexity index is 599. The zero-order valence-corrected chi connectivity index (χ0v) is 20.0. The van der Waals surface area contributed by atoms with E-state index in [2.05, 4.69) is 34.1 Å². The van der Waals surface area contributed by atoms with Gasteiger partial charge in [0.1, 0.15) is 6.10 Å². The van der Waals surface area contributed by atoms with Gasteiger partial charge in [0, 0.05) is 38.4 Å². The van der Waals surface area contributed by atoms with Gasteiger partial charge in [0.2, 0.25) is 0 Å². The molecule has 2 fully saturated rings. The molecular weight excluding hydrogens is 467 g/mol. The van der Waals surface area contributed by atoms with E-state index in [4.69, 9.17) is 9.73 Å². The van der Waals surface area contributed by atoms with Gasteiger partial charge in [0.25, 0.3) is 0 Å². The van der Waals surface area contributed by atoms with E-state index < -0.39 is 0 Å². The number of likely N-dealkylation sites (tertiary alicyclic amines) is 1. The summed E-state index contributed by atoms with van der Waals surface area (Å²) in [5.41, 5.74) is 1.14. The maximum Gasteiger partial charge on any atom is 0.194 e. The van der Waals surface area contributed by atoms with Crippen molar-refractivity contribution >= 4 is 29.9 Å². The molecule has 2 saturated heterocycles. The summed E-state index contributed by atoms with van der Waals surface area (Å²) < 4.78 is 7.82. The lowest BCUT2D eigenvalue weighted by molar-refractivity contribution is -0.00808. The highest BCUT2D eigenvalue weighted by molar-refractivity contribution is 14.0. The minimum Gasteiger partial charge on any atom is -0.370 e. The van der Waals surface area contributed by atoms with E-state index in [1.165, 1.54) is 38.9 Å². The second kappa shape index (κ2) is 12.0. The monoisotopic (exact) mass is 504 g/mol. The second-order valence-corrected chi connectivity index (χ2v) is 7.73. The Balaban J connectivity index is 0.00000280. The number of nitrogens with one attached hydrogen (secondary N) is 1. The first-order valence-electron chi connectivity index (χ1n) is 10.5. The summed E-state index contributed by atoms with van der Waals surface area (Å²) in [5, 5.41) is 7.77. The van der Waals surface area contributed by atoms with Crippen LogP contribution in [-0.4, -0.2) is 78.0 Å². The molecule has 3 heterocycles. The highest BCUT2D eigenvalue weighted by Crippen LogP contribution is 2.22. The number of rotatable bonds is 6. The van der Waals surface area contributed by atoms with Crippen molar-refractivity contribution in [1.29, 1.82) is 0 Å². The van der Waals surface area contributed by atoms with Crippen molar-refractivity contribution in [3.63, 3.8) is 0 Å². The first-order chi connectivity index (χ1) is 13.2. The summed E-state index contributed by atoms with van der Waals surface area (Å²) >= 11 is 0. The number of nitrogens with zero attached hydrogens (tertiary/aromatic N) is 5. The first-order valence-corrected chi connectivity index (χ1v) is 10.5. The second-order valence-electron chi connectivity index (χ2n) is 7.73. The Kier molecular flexibility index (Phi) is 10.0. The molecule has 0 radical (unpaired) electrons. The molecule has 2 aliphatic heterocycles. The molecule has 1 unspecified atom stereocenters. The SMILES string of the molecule is CCCN1CCC(CN=C(NCC)N2CCOC(c3cnn(C)c3)C2)CC1.I. The molecule has 0 spiro atoms. The van der Waals surface area contributed by atoms with Gasteiger partial charge >= 0.3 is 0 Å². The number of ether oxygens (including phenoxy) is 1. The molecular formula is C20H37IN6O.